The Morgan fingerprint density at radius 1 is 1.00 bits per heavy atom. The van der Waals surface area contributed by atoms with Gasteiger partial charge in [0.1, 0.15) is 11.8 Å². The molecule has 0 saturated heterocycles. The van der Waals surface area contributed by atoms with E-state index in [4.69, 9.17) is 16.3 Å². The number of rotatable bonds is 5. The fourth-order valence-electron chi connectivity index (χ4n) is 1.99. The average Bonchev–Trinajstić information content (AvgIpc) is 2.53. The molecule has 4 nitrogen and oxygen atoms in total. The lowest BCUT2D eigenvalue weighted by atomic mass is 10.0. The summed E-state index contributed by atoms with van der Waals surface area (Å²) >= 11 is 5.81. The van der Waals surface area contributed by atoms with Crippen LogP contribution in [-0.2, 0) is 4.79 Å². The molecule has 0 fully saturated rings. The first-order valence-electron chi connectivity index (χ1n) is 7.30. The highest BCUT2D eigenvalue weighted by Gasteiger charge is 2.26. The van der Waals surface area contributed by atoms with Gasteiger partial charge in [0, 0.05) is 10.6 Å². The van der Waals surface area contributed by atoms with Crippen LogP contribution in [0.5, 0.6) is 5.75 Å². The van der Waals surface area contributed by atoms with Crippen molar-refractivity contribution in [2.24, 2.45) is 5.92 Å². The first-order valence-corrected chi connectivity index (χ1v) is 7.68. The summed E-state index contributed by atoms with van der Waals surface area (Å²) in [6.07, 6.45) is 0. The number of ether oxygens (including phenoxy) is 1. The van der Waals surface area contributed by atoms with Crippen LogP contribution in [0.15, 0.2) is 54.6 Å². The Balaban J connectivity index is 2.07. The van der Waals surface area contributed by atoms with Gasteiger partial charge in [0.2, 0.25) is 0 Å². The number of carbonyl (C=O) groups is 2. The lowest BCUT2D eigenvalue weighted by Crippen LogP contribution is -2.46. The van der Waals surface area contributed by atoms with E-state index in [0.717, 1.165) is 0 Å². The van der Waals surface area contributed by atoms with Gasteiger partial charge in [-0.3, -0.25) is 4.79 Å². The molecule has 0 heterocycles. The lowest BCUT2D eigenvalue weighted by Gasteiger charge is -2.20. The van der Waals surface area contributed by atoms with Crippen LogP contribution in [0.2, 0.25) is 5.02 Å². The van der Waals surface area contributed by atoms with Crippen molar-refractivity contribution in [1.82, 2.24) is 5.32 Å². The van der Waals surface area contributed by atoms with Crippen molar-refractivity contribution in [2.75, 3.05) is 0 Å². The molecule has 0 saturated carbocycles. The molecular formula is C18H18ClNO3. The fourth-order valence-corrected chi connectivity index (χ4v) is 2.12. The van der Waals surface area contributed by atoms with E-state index >= 15 is 0 Å². The van der Waals surface area contributed by atoms with Crippen molar-refractivity contribution in [1.29, 1.82) is 0 Å². The summed E-state index contributed by atoms with van der Waals surface area (Å²) in [4.78, 5) is 24.6. The Labute approximate surface area is 140 Å². The molecule has 5 heteroatoms. The Hall–Kier alpha value is -2.33. The number of amides is 1. The van der Waals surface area contributed by atoms with Gasteiger partial charge in [-0.15, -0.1) is 0 Å². The standard InChI is InChI=1S/C18H18ClNO3/c1-12(2)16(18(22)23-15-6-4-3-5-7-15)20-17(21)13-8-10-14(19)11-9-13/h3-12,16H,1-2H3,(H,20,21)/t16-/m0/s1. The molecule has 2 aromatic rings. The first-order chi connectivity index (χ1) is 11.0. The van der Waals surface area contributed by atoms with Crippen LogP contribution < -0.4 is 10.1 Å². The number of halogens is 1. The van der Waals surface area contributed by atoms with Crippen molar-refractivity contribution in [3.63, 3.8) is 0 Å². The molecule has 1 atom stereocenters. The molecule has 2 rings (SSSR count). The van der Waals surface area contributed by atoms with E-state index in [1.165, 1.54) is 0 Å². The maximum atomic E-state index is 12.3. The Morgan fingerprint density at radius 2 is 1.61 bits per heavy atom. The van der Waals surface area contributed by atoms with Gasteiger partial charge in [0.05, 0.1) is 0 Å². The second kappa shape index (κ2) is 7.79. The molecule has 1 N–H and O–H groups in total. The summed E-state index contributed by atoms with van der Waals surface area (Å²) in [5.41, 5.74) is 0.438. The maximum absolute atomic E-state index is 12.3. The molecule has 0 aromatic heterocycles. The quantitative estimate of drug-likeness (QED) is 0.671. The molecule has 23 heavy (non-hydrogen) atoms. The Bertz CT molecular complexity index is 668. The van der Waals surface area contributed by atoms with E-state index in [-0.39, 0.29) is 11.8 Å². The van der Waals surface area contributed by atoms with Crippen molar-refractivity contribution < 1.29 is 14.3 Å². The van der Waals surface area contributed by atoms with Crippen molar-refractivity contribution in [2.45, 2.75) is 19.9 Å². The van der Waals surface area contributed by atoms with Gasteiger partial charge >= 0.3 is 5.97 Å². The summed E-state index contributed by atoms with van der Waals surface area (Å²) < 4.78 is 5.32. The minimum Gasteiger partial charge on any atom is -0.425 e. The fraction of sp³-hybridized carbons (Fsp3) is 0.222. The molecule has 0 radical (unpaired) electrons. The molecule has 0 aliphatic rings. The van der Waals surface area contributed by atoms with E-state index in [0.29, 0.717) is 16.3 Å². The predicted molar refractivity (Wildman–Crippen MR) is 89.6 cm³/mol. The highest BCUT2D eigenvalue weighted by Crippen LogP contribution is 2.14. The third-order valence-electron chi connectivity index (χ3n) is 3.28. The van der Waals surface area contributed by atoms with Crippen LogP contribution in [0.3, 0.4) is 0 Å². The molecule has 0 spiro atoms. The maximum Gasteiger partial charge on any atom is 0.334 e. The second-order valence-corrected chi connectivity index (χ2v) is 5.87. The molecule has 2 aromatic carbocycles. The van der Waals surface area contributed by atoms with Crippen molar-refractivity contribution in [3.05, 3.63) is 65.2 Å². The highest BCUT2D eigenvalue weighted by atomic mass is 35.5. The molecular weight excluding hydrogens is 314 g/mol. The third kappa shape index (κ3) is 4.83. The number of hydrogen-bond acceptors (Lipinski definition) is 3. The monoisotopic (exact) mass is 331 g/mol. The van der Waals surface area contributed by atoms with Crippen molar-refractivity contribution in [3.8, 4) is 5.75 Å². The zero-order valence-electron chi connectivity index (χ0n) is 13.0. The number of esters is 1. The van der Waals surface area contributed by atoms with Gasteiger partial charge in [-0.05, 0) is 42.3 Å². The molecule has 120 valence electrons. The van der Waals surface area contributed by atoms with Gasteiger partial charge in [0.15, 0.2) is 0 Å². The minimum absolute atomic E-state index is 0.109. The predicted octanol–water partition coefficient (Wildman–Crippen LogP) is 3.70. The molecule has 0 bridgehead atoms. The van der Waals surface area contributed by atoms with E-state index in [2.05, 4.69) is 5.32 Å². The topological polar surface area (TPSA) is 55.4 Å². The normalized spacial score (nSPS) is 11.8. The van der Waals surface area contributed by atoms with Gasteiger partial charge < -0.3 is 10.1 Å². The van der Waals surface area contributed by atoms with Crippen molar-refractivity contribution >= 4 is 23.5 Å². The van der Waals surface area contributed by atoms with Crippen LogP contribution in [0.4, 0.5) is 0 Å². The summed E-state index contributed by atoms with van der Waals surface area (Å²) in [6.45, 7) is 3.69. The van der Waals surface area contributed by atoms with Gasteiger partial charge in [-0.1, -0.05) is 43.6 Å². The summed E-state index contributed by atoms with van der Waals surface area (Å²) in [6, 6.07) is 14.5. The van der Waals surface area contributed by atoms with Gasteiger partial charge in [-0.2, -0.15) is 0 Å². The van der Waals surface area contributed by atoms with Crippen LogP contribution in [0.1, 0.15) is 24.2 Å². The van der Waals surface area contributed by atoms with Gasteiger partial charge in [-0.25, -0.2) is 4.79 Å². The third-order valence-corrected chi connectivity index (χ3v) is 3.53. The smallest absolute Gasteiger partial charge is 0.334 e. The van der Waals surface area contributed by atoms with E-state index < -0.39 is 12.0 Å². The number of benzene rings is 2. The Morgan fingerprint density at radius 3 is 2.17 bits per heavy atom. The average molecular weight is 332 g/mol. The number of nitrogens with one attached hydrogen (secondary N) is 1. The highest BCUT2D eigenvalue weighted by molar-refractivity contribution is 6.30. The SMILES string of the molecule is CC(C)[C@H](NC(=O)c1ccc(Cl)cc1)C(=O)Oc1ccccc1. The number of carbonyl (C=O) groups excluding carboxylic acids is 2. The van der Waals surface area contributed by atoms with Gasteiger partial charge in [0.25, 0.3) is 5.91 Å². The van der Waals surface area contributed by atoms with Crippen LogP contribution >= 0.6 is 11.6 Å². The van der Waals surface area contributed by atoms with E-state index in [1.807, 2.05) is 19.9 Å². The van der Waals surface area contributed by atoms with Crippen LogP contribution in [-0.4, -0.2) is 17.9 Å². The number of hydrogen-bond donors (Lipinski definition) is 1. The van der Waals surface area contributed by atoms with Crippen LogP contribution in [0, 0.1) is 5.92 Å². The molecule has 0 aliphatic carbocycles. The zero-order chi connectivity index (χ0) is 16.8. The molecule has 0 aliphatic heterocycles. The Kier molecular flexibility index (Phi) is 5.77. The molecule has 0 unspecified atom stereocenters. The second-order valence-electron chi connectivity index (χ2n) is 5.44. The van der Waals surface area contributed by atoms with Crippen LogP contribution in [0.25, 0.3) is 0 Å². The summed E-state index contributed by atoms with van der Waals surface area (Å²) in [5.74, 6) is -0.495. The minimum atomic E-state index is -0.738. The lowest BCUT2D eigenvalue weighted by molar-refractivity contribution is -0.137. The first kappa shape index (κ1) is 17.0. The van der Waals surface area contributed by atoms with E-state index in [9.17, 15) is 9.59 Å². The van der Waals surface area contributed by atoms with E-state index in [1.54, 1.807) is 48.5 Å². The summed E-state index contributed by atoms with van der Waals surface area (Å²) in [5, 5.41) is 3.26. The number of para-hydroxylation sites is 1. The summed E-state index contributed by atoms with van der Waals surface area (Å²) in [7, 11) is 0. The zero-order valence-corrected chi connectivity index (χ0v) is 13.7. The largest absolute Gasteiger partial charge is 0.425 e. The molecule has 1 amide bonds.